The van der Waals surface area contributed by atoms with Crippen LogP contribution in [0, 0.1) is 0 Å². The maximum atomic E-state index is 12.3. The smallest absolute Gasteiger partial charge is 0.273 e. The van der Waals surface area contributed by atoms with Crippen LogP contribution in [0.3, 0.4) is 0 Å². The van der Waals surface area contributed by atoms with Crippen molar-refractivity contribution in [1.82, 2.24) is 20.6 Å². The first-order valence-corrected chi connectivity index (χ1v) is 8.51. The van der Waals surface area contributed by atoms with Crippen LogP contribution in [0.4, 0.5) is 0 Å². The van der Waals surface area contributed by atoms with Crippen LogP contribution in [0.2, 0.25) is 0 Å². The third-order valence-electron chi connectivity index (χ3n) is 4.01. The standard InChI is InChI=1S/C20H16N4O4/c1-26-16-10-6-5-9-14(16)17-11-15(23-27-17)19(25)21-12-18-22-20(28-24-18)13-7-3-2-4-8-13/h2-11H,12H2,1H3,(H,21,25). The van der Waals surface area contributed by atoms with Gasteiger partial charge in [0.15, 0.2) is 17.3 Å². The van der Waals surface area contributed by atoms with Crippen molar-refractivity contribution in [3.63, 3.8) is 0 Å². The van der Waals surface area contributed by atoms with Crippen LogP contribution < -0.4 is 10.1 Å². The summed E-state index contributed by atoms with van der Waals surface area (Å²) in [4.78, 5) is 16.6. The van der Waals surface area contributed by atoms with E-state index in [0.717, 1.165) is 5.56 Å². The molecule has 4 rings (SSSR count). The van der Waals surface area contributed by atoms with E-state index in [0.29, 0.717) is 28.8 Å². The fraction of sp³-hybridized carbons (Fsp3) is 0.100. The lowest BCUT2D eigenvalue weighted by Crippen LogP contribution is -2.23. The van der Waals surface area contributed by atoms with Gasteiger partial charge in [0.25, 0.3) is 11.8 Å². The second kappa shape index (κ2) is 7.75. The molecular weight excluding hydrogens is 360 g/mol. The van der Waals surface area contributed by atoms with Crippen LogP contribution in [0.15, 0.2) is 69.7 Å². The molecule has 0 unspecified atom stereocenters. The Hall–Kier alpha value is -3.94. The number of para-hydroxylation sites is 1. The Bertz CT molecular complexity index is 1090. The fourth-order valence-corrected chi connectivity index (χ4v) is 2.63. The molecule has 8 heteroatoms. The van der Waals surface area contributed by atoms with Crippen molar-refractivity contribution >= 4 is 5.91 Å². The lowest BCUT2D eigenvalue weighted by Gasteiger charge is -2.03. The molecule has 0 atom stereocenters. The fourth-order valence-electron chi connectivity index (χ4n) is 2.63. The van der Waals surface area contributed by atoms with E-state index in [1.807, 2.05) is 48.5 Å². The number of hydrogen-bond acceptors (Lipinski definition) is 7. The summed E-state index contributed by atoms with van der Waals surface area (Å²) in [5.41, 5.74) is 1.67. The summed E-state index contributed by atoms with van der Waals surface area (Å²) in [5.74, 6) is 1.42. The summed E-state index contributed by atoms with van der Waals surface area (Å²) in [7, 11) is 1.57. The van der Waals surface area contributed by atoms with Gasteiger partial charge in [-0.2, -0.15) is 4.98 Å². The lowest BCUT2D eigenvalue weighted by atomic mass is 10.1. The molecule has 0 saturated carbocycles. The van der Waals surface area contributed by atoms with E-state index < -0.39 is 5.91 Å². The average Bonchev–Trinajstić information content (AvgIpc) is 3.43. The molecule has 8 nitrogen and oxygen atoms in total. The summed E-state index contributed by atoms with van der Waals surface area (Å²) in [6.07, 6.45) is 0. The van der Waals surface area contributed by atoms with Crippen molar-refractivity contribution in [2.24, 2.45) is 0 Å². The highest BCUT2D eigenvalue weighted by Gasteiger charge is 2.17. The van der Waals surface area contributed by atoms with E-state index in [9.17, 15) is 4.79 Å². The Labute approximate surface area is 160 Å². The van der Waals surface area contributed by atoms with Gasteiger partial charge in [0, 0.05) is 11.6 Å². The van der Waals surface area contributed by atoms with Gasteiger partial charge in [-0.1, -0.05) is 40.6 Å². The first kappa shape index (κ1) is 17.5. The van der Waals surface area contributed by atoms with Gasteiger partial charge in [-0.3, -0.25) is 4.79 Å². The number of nitrogens with one attached hydrogen (secondary N) is 1. The van der Waals surface area contributed by atoms with Crippen molar-refractivity contribution in [3.8, 4) is 28.5 Å². The predicted octanol–water partition coefficient (Wildman–Crippen LogP) is 3.33. The molecule has 0 fully saturated rings. The van der Waals surface area contributed by atoms with Gasteiger partial charge in [0.2, 0.25) is 0 Å². The second-order valence-corrected chi connectivity index (χ2v) is 5.84. The van der Waals surface area contributed by atoms with Crippen LogP contribution in [0.5, 0.6) is 5.75 Å². The average molecular weight is 376 g/mol. The number of aromatic nitrogens is 3. The maximum Gasteiger partial charge on any atom is 0.273 e. The Morgan fingerprint density at radius 3 is 2.64 bits per heavy atom. The quantitative estimate of drug-likeness (QED) is 0.550. The zero-order chi connectivity index (χ0) is 19.3. The summed E-state index contributed by atoms with van der Waals surface area (Å²) in [6, 6.07) is 18.3. The summed E-state index contributed by atoms with van der Waals surface area (Å²) >= 11 is 0. The number of ether oxygens (including phenoxy) is 1. The second-order valence-electron chi connectivity index (χ2n) is 5.84. The predicted molar refractivity (Wildman–Crippen MR) is 99.4 cm³/mol. The number of rotatable bonds is 6. The van der Waals surface area contributed by atoms with Gasteiger partial charge in [-0.15, -0.1) is 0 Å². The zero-order valence-electron chi connectivity index (χ0n) is 15.0. The molecule has 2 aromatic heterocycles. The molecule has 2 aromatic carbocycles. The van der Waals surface area contributed by atoms with E-state index >= 15 is 0 Å². The van der Waals surface area contributed by atoms with Crippen LogP contribution >= 0.6 is 0 Å². The molecule has 0 aliphatic carbocycles. The minimum atomic E-state index is -0.407. The lowest BCUT2D eigenvalue weighted by molar-refractivity contribution is 0.0940. The number of amides is 1. The highest BCUT2D eigenvalue weighted by molar-refractivity contribution is 5.93. The van der Waals surface area contributed by atoms with Crippen LogP contribution in [0.25, 0.3) is 22.8 Å². The minimum absolute atomic E-state index is 0.103. The summed E-state index contributed by atoms with van der Waals surface area (Å²) in [6.45, 7) is 0.103. The monoisotopic (exact) mass is 376 g/mol. The molecule has 28 heavy (non-hydrogen) atoms. The summed E-state index contributed by atoms with van der Waals surface area (Å²) < 4.78 is 15.8. The molecule has 0 bridgehead atoms. The number of carbonyl (C=O) groups is 1. The SMILES string of the molecule is COc1ccccc1-c1cc(C(=O)NCc2noc(-c3ccccc3)n2)no1. The molecule has 0 aliphatic heterocycles. The Kier molecular flexibility index (Phi) is 4.83. The molecule has 0 aliphatic rings. The van der Waals surface area contributed by atoms with Gasteiger partial charge in [-0.25, -0.2) is 0 Å². The van der Waals surface area contributed by atoms with Gasteiger partial charge < -0.3 is 19.1 Å². The molecule has 4 aromatic rings. The number of methoxy groups -OCH3 is 1. The number of benzene rings is 2. The molecule has 2 heterocycles. The number of nitrogens with zero attached hydrogens (tertiary/aromatic N) is 3. The van der Waals surface area contributed by atoms with E-state index in [2.05, 4.69) is 20.6 Å². The normalized spacial score (nSPS) is 10.6. The van der Waals surface area contributed by atoms with Crippen molar-refractivity contribution < 1.29 is 18.6 Å². The number of hydrogen-bond donors (Lipinski definition) is 1. The van der Waals surface area contributed by atoms with Crippen molar-refractivity contribution in [2.45, 2.75) is 6.54 Å². The van der Waals surface area contributed by atoms with E-state index in [4.69, 9.17) is 13.8 Å². The van der Waals surface area contributed by atoms with Gasteiger partial charge in [0.05, 0.1) is 19.2 Å². The third kappa shape index (κ3) is 3.61. The van der Waals surface area contributed by atoms with Crippen LogP contribution in [-0.4, -0.2) is 28.3 Å². The Morgan fingerprint density at radius 1 is 1.04 bits per heavy atom. The molecule has 0 saturated heterocycles. The zero-order valence-corrected chi connectivity index (χ0v) is 15.0. The molecular formula is C20H16N4O4. The van der Waals surface area contributed by atoms with Crippen LogP contribution in [0.1, 0.15) is 16.3 Å². The molecule has 140 valence electrons. The molecule has 1 amide bonds. The molecule has 1 N–H and O–H groups in total. The highest BCUT2D eigenvalue weighted by atomic mass is 16.5. The Balaban J connectivity index is 1.43. The molecule has 0 spiro atoms. The largest absolute Gasteiger partial charge is 0.496 e. The van der Waals surface area contributed by atoms with Gasteiger partial charge >= 0.3 is 0 Å². The maximum absolute atomic E-state index is 12.3. The minimum Gasteiger partial charge on any atom is -0.496 e. The summed E-state index contributed by atoms with van der Waals surface area (Å²) in [5, 5.41) is 10.4. The Morgan fingerprint density at radius 2 is 1.82 bits per heavy atom. The molecule has 0 radical (unpaired) electrons. The third-order valence-corrected chi connectivity index (χ3v) is 4.01. The van der Waals surface area contributed by atoms with E-state index in [1.54, 1.807) is 19.2 Å². The van der Waals surface area contributed by atoms with Crippen molar-refractivity contribution in [3.05, 3.63) is 72.2 Å². The first-order valence-electron chi connectivity index (χ1n) is 8.51. The van der Waals surface area contributed by atoms with E-state index in [-0.39, 0.29) is 12.2 Å². The highest BCUT2D eigenvalue weighted by Crippen LogP contribution is 2.29. The number of carbonyl (C=O) groups excluding carboxylic acids is 1. The van der Waals surface area contributed by atoms with Crippen molar-refractivity contribution in [1.29, 1.82) is 0 Å². The van der Waals surface area contributed by atoms with Gasteiger partial charge in [-0.05, 0) is 24.3 Å². The van der Waals surface area contributed by atoms with Gasteiger partial charge in [0.1, 0.15) is 5.75 Å². The topological polar surface area (TPSA) is 103 Å². The first-order chi connectivity index (χ1) is 13.7. The van der Waals surface area contributed by atoms with E-state index in [1.165, 1.54) is 0 Å². The van der Waals surface area contributed by atoms with Crippen LogP contribution in [-0.2, 0) is 6.54 Å². The van der Waals surface area contributed by atoms with Crippen molar-refractivity contribution in [2.75, 3.05) is 7.11 Å².